The summed E-state index contributed by atoms with van der Waals surface area (Å²) in [5.74, 6) is -2.87. The number of carbonyl (C=O) groups is 1. The van der Waals surface area contributed by atoms with Crippen molar-refractivity contribution in [2.45, 2.75) is 13.8 Å². The average molecular weight is 353 g/mol. The fourth-order valence-electron chi connectivity index (χ4n) is 2.29. The number of thiazole rings is 1. The van der Waals surface area contributed by atoms with Crippen LogP contribution in [0.5, 0.6) is 0 Å². The van der Waals surface area contributed by atoms with Gasteiger partial charge in [0.05, 0.1) is 20.8 Å². The van der Waals surface area contributed by atoms with E-state index < -0.39 is 17.5 Å². The Labute approximate surface area is 139 Å². The Bertz CT molecular complexity index is 939. The van der Waals surface area contributed by atoms with Gasteiger partial charge in [-0.05, 0) is 43.2 Å². The number of rotatable bonds is 2. The second kappa shape index (κ2) is 5.86. The molecule has 0 unspecified atom stereocenters. The van der Waals surface area contributed by atoms with Crippen LogP contribution in [0.2, 0.25) is 5.02 Å². The van der Waals surface area contributed by atoms with Gasteiger partial charge in [0.1, 0.15) is 0 Å². The lowest BCUT2D eigenvalue weighted by atomic mass is 10.1. The molecule has 2 aromatic carbocycles. The number of fused-ring (bicyclic) bond motifs is 1. The first-order chi connectivity index (χ1) is 10.8. The van der Waals surface area contributed by atoms with E-state index in [4.69, 9.17) is 11.6 Å². The van der Waals surface area contributed by atoms with Gasteiger partial charge in [-0.1, -0.05) is 29.0 Å². The van der Waals surface area contributed by atoms with Gasteiger partial charge in [-0.2, -0.15) is 0 Å². The van der Waals surface area contributed by atoms with Gasteiger partial charge >= 0.3 is 0 Å². The molecule has 0 aliphatic heterocycles. The van der Waals surface area contributed by atoms with E-state index in [9.17, 15) is 13.6 Å². The first-order valence-electron chi connectivity index (χ1n) is 6.69. The largest absolute Gasteiger partial charge is 0.298 e. The molecule has 0 aliphatic carbocycles. The molecule has 7 heteroatoms. The van der Waals surface area contributed by atoms with Crippen LogP contribution in [0.15, 0.2) is 24.3 Å². The van der Waals surface area contributed by atoms with Crippen LogP contribution < -0.4 is 5.32 Å². The second-order valence-electron chi connectivity index (χ2n) is 5.15. The summed E-state index contributed by atoms with van der Waals surface area (Å²) in [4.78, 5) is 16.6. The van der Waals surface area contributed by atoms with E-state index in [1.165, 1.54) is 11.3 Å². The van der Waals surface area contributed by atoms with E-state index in [1.807, 2.05) is 26.0 Å². The molecule has 0 saturated heterocycles. The Morgan fingerprint density at radius 3 is 2.61 bits per heavy atom. The van der Waals surface area contributed by atoms with Crippen molar-refractivity contribution in [2.24, 2.45) is 0 Å². The number of hydrogen-bond donors (Lipinski definition) is 1. The molecule has 0 aliphatic rings. The molecule has 0 bridgehead atoms. The highest BCUT2D eigenvalue weighted by Crippen LogP contribution is 2.30. The zero-order chi connectivity index (χ0) is 16.7. The maximum atomic E-state index is 13.3. The van der Waals surface area contributed by atoms with Gasteiger partial charge in [-0.25, -0.2) is 13.8 Å². The molecule has 23 heavy (non-hydrogen) atoms. The average Bonchev–Trinajstić information content (AvgIpc) is 2.85. The smallest absolute Gasteiger partial charge is 0.259 e. The minimum Gasteiger partial charge on any atom is -0.298 e. The molecule has 3 rings (SSSR count). The van der Waals surface area contributed by atoms with Crippen molar-refractivity contribution in [1.29, 1.82) is 0 Å². The third kappa shape index (κ3) is 3.04. The molecule has 3 aromatic rings. The number of nitrogens with zero attached hydrogens (tertiary/aromatic N) is 1. The zero-order valence-electron chi connectivity index (χ0n) is 12.2. The summed E-state index contributed by atoms with van der Waals surface area (Å²) < 4.78 is 27.3. The highest BCUT2D eigenvalue weighted by atomic mass is 35.5. The Morgan fingerprint density at radius 1 is 1.17 bits per heavy atom. The molecular weight excluding hydrogens is 342 g/mol. The molecule has 3 nitrogen and oxygen atoms in total. The highest BCUT2D eigenvalue weighted by molar-refractivity contribution is 7.22. The maximum Gasteiger partial charge on any atom is 0.259 e. The van der Waals surface area contributed by atoms with Gasteiger partial charge in [0.25, 0.3) is 5.91 Å². The van der Waals surface area contributed by atoms with Crippen LogP contribution in [0.4, 0.5) is 13.9 Å². The predicted octanol–water partition coefficient (Wildman–Crippen LogP) is 5.10. The monoisotopic (exact) mass is 352 g/mol. The van der Waals surface area contributed by atoms with E-state index in [-0.39, 0.29) is 10.6 Å². The number of halogens is 3. The minimum absolute atomic E-state index is 0.141. The molecule has 0 atom stereocenters. The first-order valence-corrected chi connectivity index (χ1v) is 7.88. The first kappa shape index (κ1) is 15.8. The van der Waals surface area contributed by atoms with Gasteiger partial charge in [0.15, 0.2) is 16.8 Å². The van der Waals surface area contributed by atoms with Crippen LogP contribution in [0.3, 0.4) is 0 Å². The third-order valence-corrected chi connectivity index (χ3v) is 4.54. The third-order valence-electron chi connectivity index (χ3n) is 3.30. The van der Waals surface area contributed by atoms with E-state index in [0.717, 1.165) is 33.5 Å². The molecule has 0 radical (unpaired) electrons. The van der Waals surface area contributed by atoms with Gasteiger partial charge in [-0.15, -0.1) is 0 Å². The summed E-state index contributed by atoms with van der Waals surface area (Å²) in [6.07, 6.45) is 0. The molecule has 1 N–H and O–H groups in total. The quantitative estimate of drug-likeness (QED) is 0.652. The van der Waals surface area contributed by atoms with E-state index >= 15 is 0 Å². The number of carbonyl (C=O) groups excluding carboxylic acids is 1. The fourth-order valence-corrected chi connectivity index (χ4v) is 3.56. The molecule has 1 heterocycles. The van der Waals surface area contributed by atoms with Crippen molar-refractivity contribution >= 4 is 44.2 Å². The standard InChI is InChI=1S/C16H11ClF2N2OS/c1-7-3-8(2)14-13(4-7)23-16(20-14)21-15(22)9-5-11(18)12(19)6-10(9)17/h3-6H,1-2H3,(H,20,21,22). The number of hydrogen-bond acceptors (Lipinski definition) is 3. The lowest BCUT2D eigenvalue weighted by Gasteiger charge is -2.04. The van der Waals surface area contributed by atoms with Gasteiger partial charge < -0.3 is 0 Å². The zero-order valence-corrected chi connectivity index (χ0v) is 13.8. The molecule has 1 aromatic heterocycles. The molecular formula is C16H11ClF2N2OS. The van der Waals surface area contributed by atoms with Gasteiger partial charge in [-0.3, -0.25) is 10.1 Å². The molecule has 0 fully saturated rings. The SMILES string of the molecule is Cc1cc(C)c2nc(NC(=O)c3cc(F)c(F)cc3Cl)sc2c1. The van der Waals surface area contributed by atoms with Gasteiger partial charge in [0.2, 0.25) is 0 Å². The lowest BCUT2D eigenvalue weighted by molar-refractivity contribution is 0.102. The predicted molar refractivity (Wildman–Crippen MR) is 88.4 cm³/mol. The highest BCUT2D eigenvalue weighted by Gasteiger charge is 2.17. The summed E-state index contributed by atoms with van der Waals surface area (Å²) in [6.45, 7) is 3.92. The Balaban J connectivity index is 1.94. The van der Waals surface area contributed by atoms with Crippen LogP contribution in [0.25, 0.3) is 10.2 Å². The second-order valence-corrected chi connectivity index (χ2v) is 6.59. The Hall–Kier alpha value is -2.05. The minimum atomic E-state index is -1.13. The topological polar surface area (TPSA) is 42.0 Å². The normalized spacial score (nSPS) is 11.0. The van der Waals surface area contributed by atoms with Crippen molar-refractivity contribution in [3.8, 4) is 0 Å². The van der Waals surface area contributed by atoms with E-state index in [1.54, 1.807) is 0 Å². The van der Waals surface area contributed by atoms with Crippen molar-refractivity contribution in [2.75, 3.05) is 5.32 Å². The van der Waals surface area contributed by atoms with E-state index in [0.29, 0.717) is 5.13 Å². The number of amides is 1. The summed E-state index contributed by atoms with van der Waals surface area (Å²) >= 11 is 7.11. The van der Waals surface area contributed by atoms with Gasteiger partial charge in [0, 0.05) is 0 Å². The van der Waals surface area contributed by atoms with Crippen LogP contribution >= 0.6 is 22.9 Å². The number of benzene rings is 2. The summed E-state index contributed by atoms with van der Waals surface area (Å²) in [5, 5.41) is 2.79. The fraction of sp³-hybridized carbons (Fsp3) is 0.125. The van der Waals surface area contributed by atoms with Crippen LogP contribution in [0, 0.1) is 25.5 Å². The molecule has 0 saturated carbocycles. The number of aryl methyl sites for hydroxylation is 2. The van der Waals surface area contributed by atoms with Crippen LogP contribution in [0.1, 0.15) is 21.5 Å². The molecule has 118 valence electrons. The summed E-state index contributed by atoms with van der Waals surface area (Å²) in [7, 11) is 0. The number of anilines is 1. The number of nitrogens with one attached hydrogen (secondary N) is 1. The maximum absolute atomic E-state index is 13.3. The van der Waals surface area contributed by atoms with Crippen LogP contribution in [-0.2, 0) is 0 Å². The van der Waals surface area contributed by atoms with Crippen molar-refractivity contribution < 1.29 is 13.6 Å². The molecule has 0 spiro atoms. The van der Waals surface area contributed by atoms with Crippen molar-refractivity contribution in [1.82, 2.24) is 4.98 Å². The lowest BCUT2D eigenvalue weighted by Crippen LogP contribution is -2.13. The van der Waals surface area contributed by atoms with Crippen molar-refractivity contribution in [3.63, 3.8) is 0 Å². The molecule has 1 amide bonds. The van der Waals surface area contributed by atoms with E-state index in [2.05, 4.69) is 10.3 Å². The Morgan fingerprint density at radius 2 is 1.87 bits per heavy atom. The van der Waals surface area contributed by atoms with Crippen molar-refractivity contribution in [3.05, 3.63) is 57.6 Å². The summed E-state index contributed by atoms with van der Waals surface area (Å²) in [6, 6.07) is 5.52. The Kier molecular flexibility index (Phi) is 4.04. The van der Waals surface area contributed by atoms with Crippen LogP contribution in [-0.4, -0.2) is 10.9 Å². The number of aromatic nitrogens is 1. The summed E-state index contributed by atoms with van der Waals surface area (Å²) in [5.41, 5.74) is 2.76.